The maximum Gasteiger partial charge on any atom is 0.254 e. The van der Waals surface area contributed by atoms with Gasteiger partial charge in [-0.1, -0.05) is 0 Å². The van der Waals surface area contributed by atoms with E-state index >= 15 is 0 Å². The van der Waals surface area contributed by atoms with Gasteiger partial charge in [0.1, 0.15) is 5.82 Å². The zero-order chi connectivity index (χ0) is 12.3. The minimum Gasteiger partial charge on any atom is -0.348 e. The molecule has 2 heterocycles. The Morgan fingerprint density at radius 3 is 2.65 bits per heavy atom. The lowest BCUT2D eigenvalue weighted by molar-refractivity contribution is 0.0950. The third kappa shape index (κ3) is 2.87. The van der Waals surface area contributed by atoms with Gasteiger partial charge in [0, 0.05) is 37.7 Å². The van der Waals surface area contributed by atoms with Crippen LogP contribution in [-0.2, 0) is 13.6 Å². The second-order valence-corrected chi connectivity index (χ2v) is 3.72. The smallest absolute Gasteiger partial charge is 0.254 e. The Morgan fingerprint density at radius 2 is 2.06 bits per heavy atom. The number of hydrogen-bond donors (Lipinski definition) is 1. The summed E-state index contributed by atoms with van der Waals surface area (Å²) in [6, 6.07) is 0. The van der Waals surface area contributed by atoms with Gasteiger partial charge in [0.15, 0.2) is 0 Å². The third-order valence-electron chi connectivity index (χ3n) is 2.25. The van der Waals surface area contributed by atoms with Crippen molar-refractivity contribution in [3.05, 3.63) is 41.7 Å². The predicted molar refractivity (Wildman–Crippen MR) is 61.1 cm³/mol. The van der Waals surface area contributed by atoms with Crippen molar-refractivity contribution in [2.24, 2.45) is 7.05 Å². The maximum absolute atomic E-state index is 11.7. The van der Waals surface area contributed by atoms with E-state index < -0.39 is 0 Å². The number of nitrogens with zero attached hydrogens (tertiary/aromatic N) is 4. The van der Waals surface area contributed by atoms with Gasteiger partial charge in [0.25, 0.3) is 5.91 Å². The van der Waals surface area contributed by atoms with E-state index in [1.165, 1.54) is 12.4 Å². The SMILES string of the molecule is Cc1ncc(C(=O)NCc2cnn(C)c2)cn1. The van der Waals surface area contributed by atoms with Crippen molar-refractivity contribution in [1.29, 1.82) is 0 Å². The summed E-state index contributed by atoms with van der Waals surface area (Å²) >= 11 is 0. The van der Waals surface area contributed by atoms with Gasteiger partial charge in [0.05, 0.1) is 11.8 Å². The van der Waals surface area contributed by atoms with Crippen LogP contribution in [0.25, 0.3) is 0 Å². The molecule has 1 amide bonds. The van der Waals surface area contributed by atoms with Crippen LogP contribution in [0.15, 0.2) is 24.8 Å². The first kappa shape index (κ1) is 11.3. The molecular formula is C11H13N5O. The Kier molecular flexibility index (Phi) is 3.13. The Hall–Kier alpha value is -2.24. The van der Waals surface area contributed by atoms with Crippen LogP contribution in [-0.4, -0.2) is 25.7 Å². The lowest BCUT2D eigenvalue weighted by atomic mass is 10.3. The van der Waals surface area contributed by atoms with E-state index in [9.17, 15) is 4.79 Å². The topological polar surface area (TPSA) is 72.7 Å². The van der Waals surface area contributed by atoms with Gasteiger partial charge < -0.3 is 5.32 Å². The number of carbonyl (C=O) groups is 1. The van der Waals surface area contributed by atoms with Crippen LogP contribution in [0.2, 0.25) is 0 Å². The van der Waals surface area contributed by atoms with Crippen molar-refractivity contribution >= 4 is 5.91 Å². The molecule has 2 rings (SSSR count). The van der Waals surface area contributed by atoms with E-state index in [4.69, 9.17) is 0 Å². The summed E-state index contributed by atoms with van der Waals surface area (Å²) in [6.45, 7) is 2.22. The van der Waals surface area contributed by atoms with Crippen LogP contribution in [0.3, 0.4) is 0 Å². The van der Waals surface area contributed by atoms with E-state index in [2.05, 4.69) is 20.4 Å². The molecule has 2 aromatic heterocycles. The fourth-order valence-electron chi connectivity index (χ4n) is 1.36. The van der Waals surface area contributed by atoms with Crippen molar-refractivity contribution in [3.8, 4) is 0 Å². The van der Waals surface area contributed by atoms with Crippen LogP contribution in [0.1, 0.15) is 21.7 Å². The number of carbonyl (C=O) groups excluding carboxylic acids is 1. The van der Waals surface area contributed by atoms with Crippen molar-refractivity contribution < 1.29 is 4.79 Å². The van der Waals surface area contributed by atoms with Crippen LogP contribution in [0.5, 0.6) is 0 Å². The molecule has 0 aliphatic heterocycles. The predicted octanol–water partition coefficient (Wildman–Crippen LogP) is 0.449. The highest BCUT2D eigenvalue weighted by Gasteiger charge is 2.06. The highest BCUT2D eigenvalue weighted by Crippen LogP contribution is 1.98. The van der Waals surface area contributed by atoms with Gasteiger partial charge >= 0.3 is 0 Å². The van der Waals surface area contributed by atoms with Gasteiger partial charge in [-0.25, -0.2) is 9.97 Å². The molecule has 0 spiro atoms. The summed E-state index contributed by atoms with van der Waals surface area (Å²) < 4.78 is 1.69. The number of amides is 1. The van der Waals surface area contributed by atoms with Crippen molar-refractivity contribution in [2.75, 3.05) is 0 Å². The van der Waals surface area contributed by atoms with Gasteiger partial charge in [-0.15, -0.1) is 0 Å². The maximum atomic E-state index is 11.7. The quantitative estimate of drug-likeness (QED) is 0.832. The van der Waals surface area contributed by atoms with Crippen LogP contribution in [0.4, 0.5) is 0 Å². The lowest BCUT2D eigenvalue weighted by Crippen LogP contribution is -2.23. The first-order chi connectivity index (χ1) is 8.15. The molecule has 0 saturated carbocycles. The molecule has 0 radical (unpaired) electrons. The highest BCUT2D eigenvalue weighted by molar-refractivity contribution is 5.93. The normalized spacial score (nSPS) is 10.2. The number of nitrogens with one attached hydrogen (secondary N) is 1. The molecule has 0 fully saturated rings. The average molecular weight is 231 g/mol. The Bertz CT molecular complexity index is 517. The molecule has 0 aliphatic carbocycles. The van der Waals surface area contributed by atoms with Crippen molar-refractivity contribution in [2.45, 2.75) is 13.5 Å². The largest absolute Gasteiger partial charge is 0.348 e. The van der Waals surface area contributed by atoms with Gasteiger partial charge in [0.2, 0.25) is 0 Å². The second kappa shape index (κ2) is 4.73. The average Bonchev–Trinajstić information content (AvgIpc) is 2.73. The number of aromatic nitrogens is 4. The van der Waals surface area contributed by atoms with E-state index in [1.807, 2.05) is 13.2 Å². The summed E-state index contributed by atoms with van der Waals surface area (Å²) in [4.78, 5) is 19.7. The van der Waals surface area contributed by atoms with E-state index in [-0.39, 0.29) is 5.91 Å². The first-order valence-corrected chi connectivity index (χ1v) is 5.19. The Labute approximate surface area is 98.7 Å². The molecule has 0 saturated heterocycles. The standard InChI is InChI=1S/C11H13N5O/c1-8-12-5-10(6-13-8)11(17)14-3-9-4-15-16(2)7-9/h4-7H,3H2,1-2H3,(H,14,17). The number of hydrogen-bond acceptors (Lipinski definition) is 4. The molecule has 0 bridgehead atoms. The van der Waals surface area contributed by atoms with Crippen LogP contribution >= 0.6 is 0 Å². The highest BCUT2D eigenvalue weighted by atomic mass is 16.1. The molecule has 0 aliphatic rings. The Balaban J connectivity index is 1.95. The van der Waals surface area contributed by atoms with Gasteiger partial charge in [-0.2, -0.15) is 5.10 Å². The molecule has 2 aromatic rings. The molecule has 6 heteroatoms. The third-order valence-corrected chi connectivity index (χ3v) is 2.25. The van der Waals surface area contributed by atoms with Crippen molar-refractivity contribution in [3.63, 3.8) is 0 Å². The van der Waals surface area contributed by atoms with Gasteiger partial charge in [-0.3, -0.25) is 9.48 Å². The fourth-order valence-corrected chi connectivity index (χ4v) is 1.36. The summed E-state index contributed by atoms with van der Waals surface area (Å²) in [7, 11) is 1.83. The zero-order valence-corrected chi connectivity index (χ0v) is 9.71. The summed E-state index contributed by atoms with van der Waals surface area (Å²) in [5.41, 5.74) is 1.41. The van der Waals surface area contributed by atoms with E-state index in [0.717, 1.165) is 5.56 Å². The fraction of sp³-hybridized carbons (Fsp3) is 0.273. The van der Waals surface area contributed by atoms with Gasteiger partial charge in [-0.05, 0) is 6.92 Å². The molecule has 0 unspecified atom stereocenters. The molecule has 88 valence electrons. The Morgan fingerprint density at radius 1 is 1.35 bits per heavy atom. The first-order valence-electron chi connectivity index (χ1n) is 5.19. The van der Waals surface area contributed by atoms with Crippen LogP contribution in [0, 0.1) is 6.92 Å². The van der Waals surface area contributed by atoms with Crippen molar-refractivity contribution in [1.82, 2.24) is 25.1 Å². The summed E-state index contributed by atoms with van der Waals surface area (Å²) in [5.74, 6) is 0.461. The molecule has 1 N–H and O–H groups in total. The van der Waals surface area contributed by atoms with E-state index in [1.54, 1.807) is 17.8 Å². The monoisotopic (exact) mass is 231 g/mol. The number of rotatable bonds is 3. The minimum atomic E-state index is -0.186. The molecule has 0 atom stereocenters. The molecule has 0 aromatic carbocycles. The molecule has 6 nitrogen and oxygen atoms in total. The molecular weight excluding hydrogens is 218 g/mol. The van der Waals surface area contributed by atoms with Crippen LogP contribution < -0.4 is 5.32 Å². The van der Waals surface area contributed by atoms with E-state index in [0.29, 0.717) is 17.9 Å². The zero-order valence-electron chi connectivity index (χ0n) is 9.71. The molecule has 17 heavy (non-hydrogen) atoms. The second-order valence-electron chi connectivity index (χ2n) is 3.72. The summed E-state index contributed by atoms with van der Waals surface area (Å²) in [6.07, 6.45) is 6.60. The lowest BCUT2D eigenvalue weighted by Gasteiger charge is -2.02. The summed E-state index contributed by atoms with van der Waals surface area (Å²) in [5, 5.41) is 6.80. The minimum absolute atomic E-state index is 0.186. The number of aryl methyl sites for hydroxylation is 2.